The number of carbonyl (C=O) groups is 1. The molecular formula is C16H29N3O2. The van der Waals surface area contributed by atoms with Crippen molar-refractivity contribution in [3.05, 3.63) is 12.7 Å². The van der Waals surface area contributed by atoms with E-state index in [0.29, 0.717) is 12.6 Å². The highest BCUT2D eigenvalue weighted by molar-refractivity contribution is 5.74. The Bertz CT molecular complexity index is 353. The summed E-state index contributed by atoms with van der Waals surface area (Å²) in [4.78, 5) is 16.0. The molecular weight excluding hydrogens is 266 g/mol. The number of urea groups is 1. The maximum atomic E-state index is 11.9. The number of rotatable bonds is 4. The van der Waals surface area contributed by atoms with Gasteiger partial charge in [-0.25, -0.2) is 4.79 Å². The molecule has 0 aromatic heterocycles. The van der Waals surface area contributed by atoms with Crippen molar-refractivity contribution in [1.82, 2.24) is 15.1 Å². The minimum atomic E-state index is -0.163. The van der Waals surface area contributed by atoms with Crippen molar-refractivity contribution in [2.75, 3.05) is 26.7 Å². The highest BCUT2D eigenvalue weighted by Gasteiger charge is 2.31. The predicted octanol–water partition coefficient (Wildman–Crippen LogP) is 1.58. The Hall–Kier alpha value is -1.07. The highest BCUT2D eigenvalue weighted by atomic mass is 16.3. The van der Waals surface area contributed by atoms with Crippen LogP contribution in [0.2, 0.25) is 0 Å². The van der Waals surface area contributed by atoms with Crippen LogP contribution in [0.4, 0.5) is 4.79 Å². The van der Waals surface area contributed by atoms with E-state index in [1.807, 2.05) is 0 Å². The molecule has 0 aromatic carbocycles. The van der Waals surface area contributed by atoms with Gasteiger partial charge in [0.05, 0.1) is 6.10 Å². The summed E-state index contributed by atoms with van der Waals surface area (Å²) in [6.45, 7) is 6.16. The van der Waals surface area contributed by atoms with E-state index in [-0.39, 0.29) is 18.2 Å². The zero-order valence-corrected chi connectivity index (χ0v) is 13.1. The molecule has 5 nitrogen and oxygen atoms in total. The van der Waals surface area contributed by atoms with E-state index in [1.54, 1.807) is 18.0 Å². The molecule has 2 N–H and O–H groups in total. The smallest absolute Gasteiger partial charge is 0.317 e. The molecule has 2 amide bonds. The number of amides is 2. The van der Waals surface area contributed by atoms with Crippen LogP contribution in [0.1, 0.15) is 38.5 Å². The topological polar surface area (TPSA) is 55.8 Å². The molecule has 0 aromatic rings. The van der Waals surface area contributed by atoms with Gasteiger partial charge in [0.15, 0.2) is 0 Å². The molecule has 1 heterocycles. The first-order valence-electron chi connectivity index (χ1n) is 8.16. The van der Waals surface area contributed by atoms with Crippen molar-refractivity contribution in [3.63, 3.8) is 0 Å². The normalized spacial score (nSPS) is 28.1. The highest BCUT2D eigenvalue weighted by Crippen LogP contribution is 2.25. The Morgan fingerprint density at radius 2 is 2.00 bits per heavy atom. The van der Waals surface area contributed by atoms with Crippen molar-refractivity contribution >= 4 is 6.03 Å². The van der Waals surface area contributed by atoms with Crippen LogP contribution in [0.15, 0.2) is 12.7 Å². The van der Waals surface area contributed by atoms with Gasteiger partial charge < -0.3 is 15.3 Å². The van der Waals surface area contributed by atoms with E-state index in [9.17, 15) is 9.90 Å². The van der Waals surface area contributed by atoms with Gasteiger partial charge in [-0.3, -0.25) is 4.90 Å². The lowest BCUT2D eigenvalue weighted by molar-refractivity contribution is 0.00759. The molecule has 2 unspecified atom stereocenters. The third-order valence-electron chi connectivity index (χ3n) is 4.77. The number of aliphatic hydroxyl groups excluding tert-OH is 1. The van der Waals surface area contributed by atoms with Crippen LogP contribution in [0.3, 0.4) is 0 Å². The number of nitrogens with one attached hydrogen (secondary N) is 1. The van der Waals surface area contributed by atoms with Gasteiger partial charge in [-0.05, 0) is 25.7 Å². The van der Waals surface area contributed by atoms with Gasteiger partial charge in [0.25, 0.3) is 0 Å². The maximum absolute atomic E-state index is 11.9. The molecule has 0 spiro atoms. The molecule has 1 saturated heterocycles. The molecule has 2 fully saturated rings. The Morgan fingerprint density at radius 3 is 2.62 bits per heavy atom. The van der Waals surface area contributed by atoms with Crippen molar-refractivity contribution in [1.29, 1.82) is 0 Å². The van der Waals surface area contributed by atoms with E-state index in [4.69, 9.17) is 0 Å². The van der Waals surface area contributed by atoms with Crippen LogP contribution in [0, 0.1) is 0 Å². The Labute approximate surface area is 128 Å². The summed E-state index contributed by atoms with van der Waals surface area (Å²) in [6.07, 6.45) is 7.93. The minimum absolute atomic E-state index is 0.0222. The summed E-state index contributed by atoms with van der Waals surface area (Å²) in [7, 11) is 1.78. The molecule has 0 bridgehead atoms. The number of carbonyl (C=O) groups excluding carboxylic acids is 1. The fraction of sp³-hybridized carbons (Fsp3) is 0.812. The standard InChI is InChI=1S/C16H29N3O2/c1-3-10-18(2)16(21)17-13-8-11-19(12-9-13)14-6-4-5-7-15(14)20/h3,13-15,20H,1,4-12H2,2H3,(H,17,21). The first-order valence-corrected chi connectivity index (χ1v) is 8.16. The second-order valence-electron chi connectivity index (χ2n) is 6.35. The van der Waals surface area contributed by atoms with Crippen LogP contribution in [-0.4, -0.2) is 65.8 Å². The van der Waals surface area contributed by atoms with Crippen molar-refractivity contribution in [3.8, 4) is 0 Å². The van der Waals surface area contributed by atoms with E-state index >= 15 is 0 Å². The second-order valence-corrected chi connectivity index (χ2v) is 6.35. The fourth-order valence-corrected chi connectivity index (χ4v) is 3.45. The summed E-state index contributed by atoms with van der Waals surface area (Å²) >= 11 is 0. The summed E-state index contributed by atoms with van der Waals surface area (Å²) < 4.78 is 0. The Kier molecular flexibility index (Phi) is 6.06. The number of piperidine rings is 1. The summed E-state index contributed by atoms with van der Waals surface area (Å²) in [6, 6.07) is 0.562. The molecule has 5 heteroatoms. The number of nitrogens with zero attached hydrogens (tertiary/aromatic N) is 2. The third-order valence-corrected chi connectivity index (χ3v) is 4.77. The fourth-order valence-electron chi connectivity index (χ4n) is 3.45. The first-order chi connectivity index (χ1) is 10.1. The largest absolute Gasteiger partial charge is 0.391 e. The second kappa shape index (κ2) is 7.80. The zero-order valence-electron chi connectivity index (χ0n) is 13.1. The zero-order chi connectivity index (χ0) is 15.2. The van der Waals surface area contributed by atoms with Crippen LogP contribution >= 0.6 is 0 Å². The average molecular weight is 295 g/mol. The molecule has 2 atom stereocenters. The maximum Gasteiger partial charge on any atom is 0.317 e. The molecule has 0 radical (unpaired) electrons. The van der Waals surface area contributed by atoms with Crippen LogP contribution in [0.5, 0.6) is 0 Å². The molecule has 2 rings (SSSR count). The van der Waals surface area contributed by atoms with Gasteiger partial charge in [0, 0.05) is 38.8 Å². The molecule has 1 aliphatic carbocycles. The third kappa shape index (κ3) is 4.45. The van der Waals surface area contributed by atoms with Gasteiger partial charge >= 0.3 is 6.03 Å². The molecule has 120 valence electrons. The van der Waals surface area contributed by atoms with Gasteiger partial charge in [0.2, 0.25) is 0 Å². The van der Waals surface area contributed by atoms with Crippen molar-refractivity contribution in [2.45, 2.75) is 56.7 Å². The first kappa shape index (κ1) is 16.3. The lowest BCUT2D eigenvalue weighted by Crippen LogP contribution is -2.53. The predicted molar refractivity (Wildman–Crippen MR) is 84.2 cm³/mol. The van der Waals surface area contributed by atoms with Gasteiger partial charge in [-0.15, -0.1) is 6.58 Å². The number of hydrogen-bond donors (Lipinski definition) is 2. The summed E-state index contributed by atoms with van der Waals surface area (Å²) in [5, 5.41) is 13.2. The number of hydrogen-bond acceptors (Lipinski definition) is 3. The Morgan fingerprint density at radius 1 is 1.33 bits per heavy atom. The van der Waals surface area contributed by atoms with Gasteiger partial charge in [0.1, 0.15) is 0 Å². The Balaban J connectivity index is 1.75. The molecule has 21 heavy (non-hydrogen) atoms. The number of likely N-dealkylation sites (N-methyl/N-ethyl adjacent to an activating group) is 1. The quantitative estimate of drug-likeness (QED) is 0.774. The van der Waals surface area contributed by atoms with E-state index in [0.717, 1.165) is 45.2 Å². The summed E-state index contributed by atoms with van der Waals surface area (Å²) in [5.41, 5.74) is 0. The van der Waals surface area contributed by atoms with Gasteiger partial charge in [-0.1, -0.05) is 18.9 Å². The van der Waals surface area contributed by atoms with Crippen LogP contribution < -0.4 is 5.32 Å². The van der Waals surface area contributed by atoms with Crippen LogP contribution in [-0.2, 0) is 0 Å². The number of likely N-dealkylation sites (tertiary alicyclic amines) is 1. The lowest BCUT2D eigenvalue weighted by atomic mass is 9.89. The van der Waals surface area contributed by atoms with Crippen molar-refractivity contribution in [2.24, 2.45) is 0 Å². The number of aliphatic hydroxyl groups is 1. The minimum Gasteiger partial charge on any atom is -0.391 e. The average Bonchev–Trinajstić information content (AvgIpc) is 2.49. The van der Waals surface area contributed by atoms with E-state index in [1.165, 1.54) is 6.42 Å². The molecule has 1 saturated carbocycles. The SMILES string of the molecule is C=CCN(C)C(=O)NC1CCN(C2CCCCC2O)CC1. The molecule has 1 aliphatic heterocycles. The van der Waals surface area contributed by atoms with Crippen LogP contribution in [0.25, 0.3) is 0 Å². The van der Waals surface area contributed by atoms with Gasteiger partial charge in [-0.2, -0.15) is 0 Å². The molecule has 2 aliphatic rings. The summed E-state index contributed by atoms with van der Waals surface area (Å²) in [5.74, 6) is 0. The van der Waals surface area contributed by atoms with E-state index < -0.39 is 0 Å². The van der Waals surface area contributed by atoms with Crippen molar-refractivity contribution < 1.29 is 9.90 Å². The monoisotopic (exact) mass is 295 g/mol. The van der Waals surface area contributed by atoms with E-state index in [2.05, 4.69) is 16.8 Å². The lowest BCUT2D eigenvalue weighted by Gasteiger charge is -2.41.